The molecule has 0 amide bonds. The maximum atomic E-state index is 6.46. The minimum atomic E-state index is 0.113. The topological polar surface area (TPSA) is 34.2 Å². The van der Waals surface area contributed by atoms with E-state index in [1.54, 1.807) is 7.11 Å². The van der Waals surface area contributed by atoms with Crippen LogP contribution in [0.25, 0.3) is 0 Å². The number of rotatable bonds is 7. The molecule has 0 spiro atoms. The Morgan fingerprint density at radius 1 is 1.28 bits per heavy atom. The minimum Gasteiger partial charge on any atom is -0.493 e. The van der Waals surface area contributed by atoms with Crippen LogP contribution in [-0.4, -0.2) is 68.4 Å². The Morgan fingerprint density at radius 3 is 2.64 bits per heavy atom. The van der Waals surface area contributed by atoms with E-state index in [0.717, 1.165) is 52.4 Å². The van der Waals surface area contributed by atoms with E-state index in [9.17, 15) is 0 Å². The maximum absolute atomic E-state index is 6.46. The van der Waals surface area contributed by atoms with Gasteiger partial charge in [0.1, 0.15) is 0 Å². The molecule has 0 saturated carbocycles. The van der Waals surface area contributed by atoms with Crippen LogP contribution >= 0.6 is 11.6 Å². The first-order valence-electron chi connectivity index (χ1n) is 9.18. The number of benzene rings is 1. The van der Waals surface area contributed by atoms with Crippen LogP contribution in [0.4, 0.5) is 0 Å². The number of morpholine rings is 1. The van der Waals surface area contributed by atoms with Crippen molar-refractivity contribution in [2.45, 2.75) is 39.0 Å². The molecule has 2 fully saturated rings. The Balaban J connectivity index is 1.59. The van der Waals surface area contributed by atoms with E-state index in [-0.39, 0.29) is 6.10 Å². The van der Waals surface area contributed by atoms with Crippen LogP contribution in [0.3, 0.4) is 0 Å². The number of hydrogen-bond donors (Lipinski definition) is 0. The second kappa shape index (κ2) is 8.58. The first-order valence-corrected chi connectivity index (χ1v) is 9.55. The summed E-state index contributed by atoms with van der Waals surface area (Å²) >= 11 is 6.46. The van der Waals surface area contributed by atoms with Gasteiger partial charge >= 0.3 is 0 Å². The van der Waals surface area contributed by atoms with E-state index >= 15 is 0 Å². The zero-order valence-electron chi connectivity index (χ0n) is 15.5. The molecular weight excluding hydrogens is 340 g/mol. The van der Waals surface area contributed by atoms with Crippen molar-refractivity contribution in [3.8, 4) is 11.5 Å². The lowest BCUT2D eigenvalue weighted by Crippen LogP contribution is -2.60. The minimum absolute atomic E-state index is 0.113. The third kappa shape index (κ3) is 4.59. The summed E-state index contributed by atoms with van der Waals surface area (Å²) < 4.78 is 16.9. The lowest BCUT2D eigenvalue weighted by molar-refractivity contribution is -0.0344. The lowest BCUT2D eigenvalue weighted by atomic mass is 10.0. The third-order valence-electron chi connectivity index (χ3n) is 5.09. The molecule has 2 heterocycles. The number of ether oxygens (including phenoxy) is 3. The van der Waals surface area contributed by atoms with Crippen molar-refractivity contribution in [1.29, 1.82) is 0 Å². The van der Waals surface area contributed by atoms with Crippen molar-refractivity contribution in [3.05, 3.63) is 22.7 Å². The van der Waals surface area contributed by atoms with Crippen molar-refractivity contribution < 1.29 is 14.2 Å². The average molecular weight is 369 g/mol. The fourth-order valence-electron chi connectivity index (χ4n) is 3.37. The Bertz CT molecular complexity index is 572. The van der Waals surface area contributed by atoms with Gasteiger partial charge in [0, 0.05) is 38.8 Å². The first-order chi connectivity index (χ1) is 12.1. The van der Waals surface area contributed by atoms with Gasteiger partial charge in [-0.05, 0) is 31.0 Å². The molecule has 0 aliphatic carbocycles. The normalized spacial score (nSPS) is 21.0. The highest BCUT2D eigenvalue weighted by molar-refractivity contribution is 6.32. The van der Waals surface area contributed by atoms with E-state index < -0.39 is 0 Å². The van der Waals surface area contributed by atoms with Gasteiger partial charge in [0.05, 0.1) is 31.5 Å². The van der Waals surface area contributed by atoms with Crippen LogP contribution in [-0.2, 0) is 11.3 Å². The van der Waals surface area contributed by atoms with Gasteiger partial charge in [0.15, 0.2) is 11.5 Å². The highest BCUT2D eigenvalue weighted by Crippen LogP contribution is 2.38. The average Bonchev–Trinajstić information content (AvgIpc) is 2.60. The molecule has 1 atom stereocenters. The number of nitrogens with zero attached hydrogens (tertiary/aromatic N) is 2. The molecule has 2 aliphatic heterocycles. The molecule has 0 unspecified atom stereocenters. The van der Waals surface area contributed by atoms with Crippen LogP contribution < -0.4 is 9.47 Å². The van der Waals surface area contributed by atoms with Gasteiger partial charge in [-0.2, -0.15) is 0 Å². The van der Waals surface area contributed by atoms with E-state index in [4.69, 9.17) is 25.8 Å². The summed E-state index contributed by atoms with van der Waals surface area (Å²) in [4.78, 5) is 4.98. The standard InChI is InChI=1S/C19H29ClN2O3/c1-4-14(2)25-19-17(20)9-15(10-18(19)23-3)11-21-12-16(13-21)22-5-7-24-8-6-22/h9-10,14,16H,4-8,11-13H2,1-3H3/t14-/m1/s1. The van der Waals surface area contributed by atoms with Gasteiger partial charge in [-0.25, -0.2) is 0 Å². The Kier molecular flexibility index (Phi) is 6.44. The molecule has 5 nitrogen and oxygen atoms in total. The second-order valence-electron chi connectivity index (χ2n) is 6.94. The van der Waals surface area contributed by atoms with Gasteiger partial charge in [-0.3, -0.25) is 9.80 Å². The van der Waals surface area contributed by atoms with E-state index in [1.807, 2.05) is 19.1 Å². The molecular formula is C19H29ClN2O3. The van der Waals surface area contributed by atoms with E-state index in [0.29, 0.717) is 22.6 Å². The third-order valence-corrected chi connectivity index (χ3v) is 5.37. The number of hydrogen-bond acceptors (Lipinski definition) is 5. The molecule has 0 aromatic heterocycles. The summed E-state index contributed by atoms with van der Waals surface area (Å²) in [5, 5.41) is 0.625. The zero-order chi connectivity index (χ0) is 17.8. The van der Waals surface area contributed by atoms with Crippen LogP contribution in [0.1, 0.15) is 25.8 Å². The number of methoxy groups -OCH3 is 1. The Hall–Kier alpha value is -1.01. The van der Waals surface area contributed by atoms with Crippen LogP contribution in [0.15, 0.2) is 12.1 Å². The molecule has 25 heavy (non-hydrogen) atoms. The van der Waals surface area contributed by atoms with Gasteiger partial charge in [0.2, 0.25) is 0 Å². The molecule has 3 rings (SSSR count). The highest BCUT2D eigenvalue weighted by Gasteiger charge is 2.32. The molecule has 0 bridgehead atoms. The molecule has 1 aromatic carbocycles. The summed E-state index contributed by atoms with van der Waals surface area (Å²) in [6.07, 6.45) is 1.04. The monoisotopic (exact) mass is 368 g/mol. The number of halogens is 1. The van der Waals surface area contributed by atoms with Crippen molar-refractivity contribution >= 4 is 11.6 Å². The van der Waals surface area contributed by atoms with Crippen LogP contribution in [0, 0.1) is 0 Å². The molecule has 0 N–H and O–H groups in total. The lowest BCUT2D eigenvalue weighted by Gasteiger charge is -2.46. The summed E-state index contributed by atoms with van der Waals surface area (Å²) in [7, 11) is 1.66. The van der Waals surface area contributed by atoms with Gasteiger partial charge < -0.3 is 14.2 Å². The smallest absolute Gasteiger partial charge is 0.180 e. The SMILES string of the molecule is CC[C@@H](C)Oc1c(Cl)cc(CN2CC(N3CCOCC3)C2)cc1OC. The summed E-state index contributed by atoms with van der Waals surface area (Å²) in [5.74, 6) is 1.37. The predicted molar refractivity (Wildman–Crippen MR) is 99.8 cm³/mol. The Morgan fingerprint density at radius 2 is 2.00 bits per heavy atom. The summed E-state index contributed by atoms with van der Waals surface area (Å²) in [6.45, 7) is 11.1. The predicted octanol–water partition coefficient (Wildman–Crippen LogP) is 3.04. The second-order valence-corrected chi connectivity index (χ2v) is 7.35. The van der Waals surface area contributed by atoms with Crippen molar-refractivity contribution in [1.82, 2.24) is 9.80 Å². The Labute approximate surface area is 155 Å². The highest BCUT2D eigenvalue weighted by atomic mass is 35.5. The van der Waals surface area contributed by atoms with Gasteiger partial charge in [0.25, 0.3) is 0 Å². The van der Waals surface area contributed by atoms with Crippen molar-refractivity contribution in [2.75, 3.05) is 46.5 Å². The summed E-state index contributed by atoms with van der Waals surface area (Å²) in [6, 6.07) is 4.71. The van der Waals surface area contributed by atoms with E-state index in [2.05, 4.69) is 16.7 Å². The molecule has 2 aliphatic rings. The molecule has 140 valence electrons. The summed E-state index contributed by atoms with van der Waals surface area (Å²) in [5.41, 5.74) is 1.17. The zero-order valence-corrected chi connectivity index (χ0v) is 16.2. The van der Waals surface area contributed by atoms with Crippen molar-refractivity contribution in [3.63, 3.8) is 0 Å². The largest absolute Gasteiger partial charge is 0.493 e. The molecule has 6 heteroatoms. The fourth-order valence-corrected chi connectivity index (χ4v) is 3.64. The van der Waals surface area contributed by atoms with Crippen molar-refractivity contribution in [2.24, 2.45) is 0 Å². The fraction of sp³-hybridized carbons (Fsp3) is 0.684. The van der Waals surface area contributed by atoms with E-state index in [1.165, 1.54) is 5.56 Å². The molecule has 1 aromatic rings. The van der Waals surface area contributed by atoms with Crippen LogP contribution in [0.5, 0.6) is 11.5 Å². The quantitative estimate of drug-likeness (QED) is 0.739. The van der Waals surface area contributed by atoms with Gasteiger partial charge in [-0.1, -0.05) is 18.5 Å². The first kappa shape index (κ1) is 18.8. The maximum Gasteiger partial charge on any atom is 0.180 e. The van der Waals surface area contributed by atoms with Gasteiger partial charge in [-0.15, -0.1) is 0 Å². The van der Waals surface area contributed by atoms with Crippen LogP contribution in [0.2, 0.25) is 5.02 Å². The molecule has 2 saturated heterocycles. The molecule has 0 radical (unpaired) electrons. The number of likely N-dealkylation sites (tertiary alicyclic amines) is 1.